The summed E-state index contributed by atoms with van der Waals surface area (Å²) in [7, 11) is 0. The molecule has 0 nitrogen and oxygen atoms in total. The maximum absolute atomic E-state index is 2.53. The third-order valence-corrected chi connectivity index (χ3v) is 11.0. The summed E-state index contributed by atoms with van der Waals surface area (Å²) >= 11 is 0. The molecule has 0 bridgehead atoms. The van der Waals surface area contributed by atoms with Crippen molar-refractivity contribution in [3.8, 4) is 33.4 Å². The second-order valence-electron chi connectivity index (χ2n) is 13.2. The molecule has 0 N–H and O–H groups in total. The predicted molar refractivity (Wildman–Crippen MR) is 198 cm³/mol. The van der Waals surface area contributed by atoms with Crippen LogP contribution in [-0.4, -0.2) is 0 Å². The van der Waals surface area contributed by atoms with Crippen LogP contribution >= 0.6 is 0 Å². The first-order chi connectivity index (χ1) is 23.3. The van der Waals surface area contributed by atoms with E-state index in [4.69, 9.17) is 0 Å². The van der Waals surface area contributed by atoms with Gasteiger partial charge in [-0.3, -0.25) is 0 Å². The second-order valence-corrected chi connectivity index (χ2v) is 13.2. The molecule has 0 amide bonds. The third-order valence-electron chi connectivity index (χ3n) is 11.0. The first kappa shape index (κ1) is 25.2. The van der Waals surface area contributed by atoms with Gasteiger partial charge in [-0.2, -0.15) is 0 Å². The van der Waals surface area contributed by atoms with Gasteiger partial charge in [0.05, 0.1) is 5.41 Å². The van der Waals surface area contributed by atoms with Gasteiger partial charge in [0.1, 0.15) is 0 Å². The van der Waals surface area contributed by atoms with Crippen molar-refractivity contribution in [3.05, 3.63) is 192 Å². The Morgan fingerprint density at radius 2 is 0.809 bits per heavy atom. The van der Waals surface area contributed by atoms with E-state index in [0.29, 0.717) is 0 Å². The minimum Gasteiger partial charge on any atom is -0.0619 e. The Hall–Kier alpha value is -5.98. The van der Waals surface area contributed by atoms with Crippen molar-refractivity contribution < 1.29 is 0 Å². The predicted octanol–water partition coefficient (Wildman–Crippen LogP) is 12.3. The van der Waals surface area contributed by atoms with Crippen molar-refractivity contribution in [2.45, 2.75) is 5.41 Å². The van der Waals surface area contributed by atoms with Gasteiger partial charge in [0.25, 0.3) is 0 Å². The molecule has 11 rings (SSSR count). The zero-order valence-corrected chi connectivity index (χ0v) is 25.7. The Labute approximate surface area is 273 Å². The fourth-order valence-corrected chi connectivity index (χ4v) is 9.19. The van der Waals surface area contributed by atoms with E-state index < -0.39 is 5.41 Å². The second kappa shape index (κ2) is 9.06. The molecular weight excluding hydrogens is 565 g/mol. The molecule has 2 aliphatic rings. The summed E-state index contributed by atoms with van der Waals surface area (Å²) in [5, 5.41) is 10.4. The lowest BCUT2D eigenvalue weighted by atomic mass is 9.69. The summed E-state index contributed by atoms with van der Waals surface area (Å²) in [5.74, 6) is 0. The summed E-state index contributed by atoms with van der Waals surface area (Å²) in [6.45, 7) is 0. The molecule has 0 radical (unpaired) electrons. The van der Waals surface area contributed by atoms with Gasteiger partial charge in [-0.15, -0.1) is 0 Å². The van der Waals surface area contributed by atoms with E-state index in [-0.39, 0.29) is 0 Å². The maximum atomic E-state index is 2.53. The van der Waals surface area contributed by atoms with Crippen LogP contribution in [0, 0.1) is 0 Å². The Balaban J connectivity index is 1.29. The smallest absolute Gasteiger partial charge is 0.0619 e. The van der Waals surface area contributed by atoms with E-state index in [1.54, 1.807) is 0 Å². The van der Waals surface area contributed by atoms with Crippen molar-refractivity contribution in [3.63, 3.8) is 0 Å². The zero-order valence-electron chi connectivity index (χ0n) is 25.7. The highest BCUT2D eigenvalue weighted by molar-refractivity contribution is 6.21. The first-order valence-electron chi connectivity index (χ1n) is 16.5. The molecule has 2 aliphatic carbocycles. The van der Waals surface area contributed by atoms with Crippen LogP contribution in [-0.2, 0) is 5.41 Å². The zero-order chi connectivity index (χ0) is 30.7. The number of fused-ring (bicyclic) bond motifs is 17. The lowest BCUT2D eigenvalue weighted by Gasteiger charge is -2.31. The SMILES string of the molecule is c1ccc2c(c1)-c1ccccc1C21c2cc(-c3cc4c5ccccc5ccc4c4ccccc34)ccc2-c2ccc3ccccc3c21. The van der Waals surface area contributed by atoms with Crippen LogP contribution in [0.3, 0.4) is 0 Å². The Morgan fingerprint density at radius 1 is 0.277 bits per heavy atom. The maximum Gasteiger partial charge on any atom is 0.0731 e. The summed E-state index contributed by atoms with van der Waals surface area (Å²) in [6, 6.07) is 63.9. The highest BCUT2D eigenvalue weighted by Crippen LogP contribution is 2.64. The Bertz CT molecular complexity index is 2750. The Kier molecular flexibility index (Phi) is 4.86. The van der Waals surface area contributed by atoms with Crippen molar-refractivity contribution in [2.75, 3.05) is 0 Å². The fourth-order valence-electron chi connectivity index (χ4n) is 9.19. The van der Waals surface area contributed by atoms with Gasteiger partial charge >= 0.3 is 0 Å². The van der Waals surface area contributed by atoms with E-state index >= 15 is 0 Å². The molecular formula is C47H28. The molecule has 0 unspecified atom stereocenters. The quantitative estimate of drug-likeness (QED) is 0.166. The molecule has 0 heterocycles. The highest BCUT2D eigenvalue weighted by atomic mass is 14.5. The van der Waals surface area contributed by atoms with Gasteiger partial charge in [0.2, 0.25) is 0 Å². The molecule has 9 aromatic carbocycles. The van der Waals surface area contributed by atoms with E-state index in [1.807, 2.05) is 0 Å². The molecule has 0 saturated heterocycles. The molecule has 9 aromatic rings. The van der Waals surface area contributed by atoms with Crippen LogP contribution in [0.1, 0.15) is 22.3 Å². The van der Waals surface area contributed by atoms with Gasteiger partial charge < -0.3 is 0 Å². The normalized spacial score (nSPS) is 13.7. The van der Waals surface area contributed by atoms with Crippen LogP contribution in [0.15, 0.2) is 170 Å². The molecule has 0 saturated carbocycles. The molecule has 216 valence electrons. The molecule has 0 aromatic heterocycles. The largest absolute Gasteiger partial charge is 0.0731 e. The minimum atomic E-state index is -0.409. The van der Waals surface area contributed by atoms with Crippen LogP contribution < -0.4 is 0 Å². The van der Waals surface area contributed by atoms with Gasteiger partial charge in [-0.1, -0.05) is 158 Å². The van der Waals surface area contributed by atoms with E-state index in [9.17, 15) is 0 Å². The first-order valence-corrected chi connectivity index (χ1v) is 16.5. The molecule has 0 fully saturated rings. The van der Waals surface area contributed by atoms with Gasteiger partial charge in [-0.05, 0) is 111 Å². The van der Waals surface area contributed by atoms with Gasteiger partial charge in [-0.25, -0.2) is 0 Å². The number of hydrogen-bond acceptors (Lipinski definition) is 0. The van der Waals surface area contributed by atoms with Crippen LogP contribution in [0.2, 0.25) is 0 Å². The lowest BCUT2D eigenvalue weighted by molar-refractivity contribution is 0.801. The van der Waals surface area contributed by atoms with Crippen LogP contribution in [0.25, 0.3) is 76.5 Å². The van der Waals surface area contributed by atoms with E-state index in [2.05, 4.69) is 170 Å². The average Bonchev–Trinajstić information content (AvgIpc) is 3.61. The summed E-state index contributed by atoms with van der Waals surface area (Å²) < 4.78 is 0. The standard InChI is InChI=1S/C47H28/c1-3-13-32-29(11-1)21-24-36-34-15-5-6-16-35(34)41(28-42(32)36)31-23-25-39-40-26-22-30-12-2-4-14-33(30)46(40)47(45(39)27-31)43-19-9-7-17-37(43)38-18-8-10-20-44(38)47/h1-28H. The number of hydrogen-bond donors (Lipinski definition) is 0. The van der Waals surface area contributed by atoms with E-state index in [0.717, 1.165) is 0 Å². The molecule has 1 spiro atoms. The fraction of sp³-hybridized carbons (Fsp3) is 0.0213. The highest BCUT2D eigenvalue weighted by Gasteiger charge is 2.52. The molecule has 0 aliphatic heterocycles. The van der Waals surface area contributed by atoms with Crippen molar-refractivity contribution in [2.24, 2.45) is 0 Å². The number of rotatable bonds is 1. The molecule has 0 heteroatoms. The molecule has 47 heavy (non-hydrogen) atoms. The summed E-state index contributed by atoms with van der Waals surface area (Å²) in [6.07, 6.45) is 0. The summed E-state index contributed by atoms with van der Waals surface area (Å²) in [4.78, 5) is 0. The van der Waals surface area contributed by atoms with Crippen molar-refractivity contribution in [1.82, 2.24) is 0 Å². The third kappa shape index (κ3) is 3.13. The van der Waals surface area contributed by atoms with Crippen LogP contribution in [0.4, 0.5) is 0 Å². The van der Waals surface area contributed by atoms with Crippen molar-refractivity contribution >= 4 is 43.1 Å². The van der Waals surface area contributed by atoms with Crippen LogP contribution in [0.5, 0.6) is 0 Å². The lowest BCUT2D eigenvalue weighted by Crippen LogP contribution is -2.26. The molecule has 0 atom stereocenters. The monoisotopic (exact) mass is 592 g/mol. The van der Waals surface area contributed by atoms with Gasteiger partial charge in [0, 0.05) is 0 Å². The summed E-state index contributed by atoms with van der Waals surface area (Å²) in [5.41, 5.74) is 13.0. The average molecular weight is 593 g/mol. The minimum absolute atomic E-state index is 0.409. The number of benzene rings is 9. The topological polar surface area (TPSA) is 0 Å². The van der Waals surface area contributed by atoms with Gasteiger partial charge in [0.15, 0.2) is 0 Å². The van der Waals surface area contributed by atoms with E-state index in [1.165, 1.54) is 98.7 Å². The Morgan fingerprint density at radius 3 is 1.57 bits per heavy atom. The van der Waals surface area contributed by atoms with Crippen molar-refractivity contribution in [1.29, 1.82) is 0 Å².